The second-order valence-electron chi connectivity index (χ2n) is 10.1. The fourth-order valence-corrected chi connectivity index (χ4v) is 4.23. The maximum atomic E-state index is 4.42. The molecule has 0 aromatic heterocycles. The largest absolute Gasteiger partial charge is 0.0955 e. The van der Waals surface area contributed by atoms with E-state index in [0.717, 1.165) is 79.7 Å². The van der Waals surface area contributed by atoms with Gasteiger partial charge in [0.05, 0.1) is 0 Å². The van der Waals surface area contributed by atoms with Crippen LogP contribution in [0.2, 0.25) is 0 Å². The van der Waals surface area contributed by atoms with Crippen LogP contribution in [0, 0.1) is 0 Å². The van der Waals surface area contributed by atoms with Crippen LogP contribution >= 0.6 is 0 Å². The Morgan fingerprint density at radius 3 is 1.00 bits per heavy atom. The predicted octanol–water partition coefficient (Wildman–Crippen LogP) is 10.3. The molecule has 0 aliphatic heterocycles. The van der Waals surface area contributed by atoms with Gasteiger partial charge in [-0.3, -0.25) is 0 Å². The Kier molecular flexibility index (Phi) is 8.33. The van der Waals surface area contributed by atoms with Gasteiger partial charge in [-0.05, 0) is 114 Å². The van der Waals surface area contributed by atoms with E-state index >= 15 is 0 Å². The zero-order valence-electron chi connectivity index (χ0n) is 22.4. The third kappa shape index (κ3) is 6.61. The fourth-order valence-electron chi connectivity index (χ4n) is 4.23. The molecule has 0 unspecified atom stereocenters. The average Bonchev–Trinajstić information content (AvgIpc) is 2.83. The summed E-state index contributed by atoms with van der Waals surface area (Å²) in [4.78, 5) is 0. The minimum atomic E-state index is 0.764. The summed E-state index contributed by atoms with van der Waals surface area (Å²) >= 11 is 0. The van der Waals surface area contributed by atoms with Gasteiger partial charge in [0.1, 0.15) is 0 Å². The molecule has 0 heteroatoms. The molecule has 0 amide bonds. The van der Waals surface area contributed by atoms with Crippen molar-refractivity contribution in [2.45, 2.75) is 40.5 Å². The molecule has 0 N–H and O–H groups in total. The van der Waals surface area contributed by atoms with E-state index in [1.807, 2.05) is 27.7 Å². The third-order valence-electron chi connectivity index (χ3n) is 6.47. The molecule has 3 rings (SSSR count). The van der Waals surface area contributed by atoms with Gasteiger partial charge < -0.3 is 0 Å². The number of benzene rings is 3. The molecule has 0 aliphatic rings. The summed E-state index contributed by atoms with van der Waals surface area (Å²) in [6.45, 7) is 33.5. The molecule has 0 saturated heterocycles. The van der Waals surface area contributed by atoms with Gasteiger partial charge in [0.15, 0.2) is 0 Å². The minimum absolute atomic E-state index is 0.764. The topological polar surface area (TPSA) is 0 Å². The first-order valence-electron chi connectivity index (χ1n) is 12.3. The molecule has 0 radical (unpaired) electrons. The van der Waals surface area contributed by atoms with Crippen LogP contribution in [0.4, 0.5) is 0 Å². The van der Waals surface area contributed by atoms with Crippen molar-refractivity contribution in [3.63, 3.8) is 0 Å². The summed E-state index contributed by atoms with van der Waals surface area (Å²) in [6.07, 6.45) is 1.53. The number of allylic oxidation sites excluding steroid dienone is 6. The van der Waals surface area contributed by atoms with E-state index in [1.54, 1.807) is 0 Å². The van der Waals surface area contributed by atoms with Gasteiger partial charge in [0, 0.05) is 0 Å². The molecule has 0 spiro atoms. The number of hydrogen-bond donors (Lipinski definition) is 0. The highest BCUT2D eigenvalue weighted by Gasteiger charge is 2.10. The monoisotopic (exact) mass is 470 g/mol. The van der Waals surface area contributed by atoms with Crippen LogP contribution in [0.1, 0.15) is 72.2 Å². The lowest BCUT2D eigenvalue weighted by Crippen LogP contribution is -1.96. The van der Waals surface area contributed by atoms with Crippen LogP contribution in [-0.4, -0.2) is 0 Å². The highest BCUT2D eigenvalue weighted by molar-refractivity contribution is 5.76. The van der Waals surface area contributed by atoms with Gasteiger partial charge in [-0.1, -0.05) is 104 Å². The zero-order valence-corrected chi connectivity index (χ0v) is 22.4. The fraction of sp³-hybridized carbons (Fsp3) is 0.167. The van der Waals surface area contributed by atoms with Gasteiger partial charge in [0.2, 0.25) is 0 Å². The van der Waals surface area contributed by atoms with Gasteiger partial charge in [-0.2, -0.15) is 0 Å². The van der Waals surface area contributed by atoms with E-state index in [2.05, 4.69) is 100 Å². The van der Waals surface area contributed by atoms with Crippen molar-refractivity contribution in [1.82, 2.24) is 0 Å². The van der Waals surface area contributed by atoms with Crippen molar-refractivity contribution in [2.24, 2.45) is 0 Å². The molecule has 3 aromatic rings. The van der Waals surface area contributed by atoms with Crippen molar-refractivity contribution < 1.29 is 0 Å². The summed E-state index contributed by atoms with van der Waals surface area (Å²) in [5, 5.41) is 0. The maximum Gasteiger partial charge on any atom is -0.00253 e. The second kappa shape index (κ2) is 11.2. The SMILES string of the molecule is C=C(C)c1cc(CC(=C)c2cccc(C(=C)Cc3cc(C(=C)C)cc(C(=C)C)c3)c2)cc(C(=C)C)c1. The van der Waals surface area contributed by atoms with Gasteiger partial charge in [-0.25, -0.2) is 0 Å². The van der Waals surface area contributed by atoms with E-state index in [-0.39, 0.29) is 0 Å². The highest BCUT2D eigenvalue weighted by atomic mass is 14.1. The third-order valence-corrected chi connectivity index (χ3v) is 6.47. The Morgan fingerprint density at radius 1 is 0.444 bits per heavy atom. The Labute approximate surface area is 218 Å². The molecule has 0 saturated carbocycles. The molecule has 0 aliphatic carbocycles. The molecule has 0 fully saturated rings. The van der Waals surface area contributed by atoms with Crippen molar-refractivity contribution in [2.75, 3.05) is 0 Å². The quantitative estimate of drug-likeness (QED) is 0.276. The Hall–Kier alpha value is -3.90. The Bertz CT molecular complexity index is 1230. The molecular weight excluding hydrogens is 432 g/mol. The van der Waals surface area contributed by atoms with Gasteiger partial charge in [0.25, 0.3) is 0 Å². The van der Waals surface area contributed by atoms with Crippen LogP contribution in [0.3, 0.4) is 0 Å². The summed E-state index contributed by atoms with van der Waals surface area (Å²) in [5.74, 6) is 0. The van der Waals surface area contributed by atoms with Crippen molar-refractivity contribution in [3.8, 4) is 0 Å². The highest BCUT2D eigenvalue weighted by Crippen LogP contribution is 2.28. The first kappa shape index (κ1) is 26.7. The van der Waals surface area contributed by atoms with Crippen molar-refractivity contribution in [3.05, 3.63) is 145 Å². The normalized spacial score (nSPS) is 10.6. The maximum absolute atomic E-state index is 4.42. The summed E-state index contributed by atoms with van der Waals surface area (Å²) in [5.41, 5.74) is 15.6. The van der Waals surface area contributed by atoms with Crippen LogP contribution in [0.15, 0.2) is 100 Å². The Balaban J connectivity index is 1.85. The molecule has 3 aromatic carbocycles. The molecular formula is C36H38. The minimum Gasteiger partial charge on any atom is -0.0955 e. The zero-order chi connectivity index (χ0) is 26.6. The number of rotatable bonds is 10. The smallest absolute Gasteiger partial charge is 0.00253 e. The lowest BCUT2D eigenvalue weighted by Gasteiger charge is -2.14. The summed E-state index contributed by atoms with van der Waals surface area (Å²) in [6, 6.07) is 21.7. The van der Waals surface area contributed by atoms with E-state index in [9.17, 15) is 0 Å². The summed E-state index contributed by atoms with van der Waals surface area (Å²) in [7, 11) is 0. The van der Waals surface area contributed by atoms with Crippen LogP contribution < -0.4 is 0 Å². The molecule has 0 heterocycles. The van der Waals surface area contributed by atoms with Gasteiger partial charge in [-0.15, -0.1) is 0 Å². The first-order valence-corrected chi connectivity index (χ1v) is 12.3. The van der Waals surface area contributed by atoms with Crippen molar-refractivity contribution >= 4 is 33.4 Å². The van der Waals surface area contributed by atoms with E-state index < -0.39 is 0 Å². The molecule has 0 nitrogen and oxygen atoms in total. The standard InChI is InChI=1S/C36H38/c1-23(2)33-16-29(17-34(21-33)24(3)4)14-27(9)31-12-11-13-32(20-31)28(10)15-30-18-35(25(5)6)22-36(19-30)26(7)8/h11-13,16-22H,1,3,5,7,9-10,14-15H2,2,4,6,8H3. The molecule has 182 valence electrons. The lowest BCUT2D eigenvalue weighted by molar-refractivity contribution is 1.25. The molecule has 0 bridgehead atoms. The number of hydrogen-bond acceptors (Lipinski definition) is 0. The van der Waals surface area contributed by atoms with Crippen LogP contribution in [-0.2, 0) is 12.8 Å². The van der Waals surface area contributed by atoms with E-state index in [0.29, 0.717) is 0 Å². The van der Waals surface area contributed by atoms with E-state index in [1.165, 1.54) is 11.1 Å². The second-order valence-corrected chi connectivity index (χ2v) is 10.1. The average molecular weight is 471 g/mol. The first-order chi connectivity index (χ1) is 16.9. The lowest BCUT2D eigenvalue weighted by atomic mass is 9.91. The molecule has 0 atom stereocenters. The van der Waals surface area contributed by atoms with Crippen molar-refractivity contribution in [1.29, 1.82) is 0 Å². The predicted molar refractivity (Wildman–Crippen MR) is 164 cm³/mol. The Morgan fingerprint density at radius 2 is 0.722 bits per heavy atom. The molecule has 36 heavy (non-hydrogen) atoms. The van der Waals surface area contributed by atoms with E-state index in [4.69, 9.17) is 0 Å². The van der Waals surface area contributed by atoms with Crippen LogP contribution in [0.25, 0.3) is 33.4 Å². The summed E-state index contributed by atoms with van der Waals surface area (Å²) < 4.78 is 0. The van der Waals surface area contributed by atoms with Gasteiger partial charge >= 0.3 is 0 Å². The van der Waals surface area contributed by atoms with Crippen LogP contribution in [0.5, 0.6) is 0 Å².